The first-order chi connectivity index (χ1) is 20.2. The van der Waals surface area contributed by atoms with E-state index >= 15 is 0 Å². The second-order valence-electron chi connectivity index (χ2n) is 10.5. The highest BCUT2D eigenvalue weighted by Crippen LogP contribution is 2.30. The van der Waals surface area contributed by atoms with Crippen molar-refractivity contribution in [1.29, 1.82) is 0 Å². The third-order valence-electron chi connectivity index (χ3n) is 7.53. The number of β-amino-alcohol motifs (C(OH)–C–C–N with tert-alkyl or cyclic N) is 1. The summed E-state index contributed by atoms with van der Waals surface area (Å²) in [6.07, 6.45) is -0.512. The lowest BCUT2D eigenvalue weighted by Gasteiger charge is -2.37. The maximum Gasteiger partial charge on any atom is 0.115 e. The zero-order chi connectivity index (χ0) is 28.3. The Labute approximate surface area is 243 Å². The molecule has 5 nitrogen and oxygen atoms in total. The molecule has 1 aliphatic heterocycles. The summed E-state index contributed by atoms with van der Waals surface area (Å²) >= 11 is 0. The number of benzene rings is 4. The van der Waals surface area contributed by atoms with Crippen LogP contribution in [0.5, 0.6) is 0 Å². The van der Waals surface area contributed by atoms with Gasteiger partial charge in [-0.15, -0.1) is 6.58 Å². The normalized spacial score (nSPS) is 23.1. The van der Waals surface area contributed by atoms with Gasteiger partial charge in [-0.25, -0.2) is 0 Å². The molecule has 1 aliphatic rings. The van der Waals surface area contributed by atoms with Gasteiger partial charge in [0.1, 0.15) is 18.3 Å². The van der Waals surface area contributed by atoms with Gasteiger partial charge < -0.3 is 19.3 Å². The summed E-state index contributed by atoms with van der Waals surface area (Å²) in [6.45, 7) is 6.38. The van der Waals surface area contributed by atoms with Gasteiger partial charge in [0.25, 0.3) is 0 Å². The number of nitrogens with zero attached hydrogens (tertiary/aromatic N) is 1. The van der Waals surface area contributed by atoms with Crippen molar-refractivity contribution in [2.45, 2.75) is 56.8 Å². The number of aliphatic hydroxyl groups excluding tert-OH is 1. The van der Waals surface area contributed by atoms with Crippen molar-refractivity contribution in [1.82, 2.24) is 4.90 Å². The van der Waals surface area contributed by atoms with E-state index in [9.17, 15) is 5.11 Å². The van der Waals surface area contributed by atoms with Gasteiger partial charge >= 0.3 is 0 Å². The maximum absolute atomic E-state index is 11.7. The second kappa shape index (κ2) is 14.9. The van der Waals surface area contributed by atoms with Gasteiger partial charge in [-0.05, 0) is 22.3 Å². The molecule has 0 radical (unpaired) electrons. The fraction of sp³-hybridized carbons (Fsp3) is 0.278. The van der Waals surface area contributed by atoms with Gasteiger partial charge in [0.2, 0.25) is 0 Å². The molecule has 1 saturated heterocycles. The van der Waals surface area contributed by atoms with Crippen LogP contribution in [0.2, 0.25) is 0 Å². The summed E-state index contributed by atoms with van der Waals surface area (Å²) in [5.41, 5.74) is 4.30. The number of hydrogen-bond donors (Lipinski definition) is 1. The molecule has 5 heteroatoms. The van der Waals surface area contributed by atoms with E-state index in [-0.39, 0.29) is 6.04 Å². The molecule has 0 saturated carbocycles. The lowest BCUT2D eigenvalue weighted by atomic mass is 9.99. The van der Waals surface area contributed by atoms with Crippen LogP contribution < -0.4 is 0 Å². The van der Waals surface area contributed by atoms with Crippen LogP contribution in [0, 0.1) is 0 Å². The Morgan fingerprint density at radius 1 is 0.585 bits per heavy atom. The Hall–Kier alpha value is -3.58. The Morgan fingerprint density at radius 3 is 1.41 bits per heavy atom. The smallest absolute Gasteiger partial charge is 0.115 e. The van der Waals surface area contributed by atoms with Crippen LogP contribution in [0.3, 0.4) is 0 Å². The standard InChI is InChI=1S/C36H39NO4/c1-2-32-34(39-25-29-17-9-4-10-18-29)36(41-27-31-21-13-6-14-22-31)35(40-26-30-19-11-5-12-20-30)33(38)24-37(32)23-28-15-7-3-8-16-28/h2-22,32-36,38H,1,23-27H2/t32-,33-,34+,35-,36-/m1/s1. The van der Waals surface area contributed by atoms with E-state index in [1.54, 1.807) is 0 Å². The van der Waals surface area contributed by atoms with Crippen LogP contribution in [-0.2, 0) is 40.6 Å². The van der Waals surface area contributed by atoms with Crippen molar-refractivity contribution in [2.75, 3.05) is 6.54 Å². The maximum atomic E-state index is 11.7. The number of ether oxygens (including phenoxy) is 3. The second-order valence-corrected chi connectivity index (χ2v) is 10.5. The fourth-order valence-electron chi connectivity index (χ4n) is 5.43. The summed E-state index contributed by atoms with van der Waals surface area (Å²) in [4.78, 5) is 2.23. The molecule has 0 unspecified atom stereocenters. The Kier molecular flexibility index (Phi) is 10.5. The van der Waals surface area contributed by atoms with E-state index in [1.165, 1.54) is 0 Å². The quantitative estimate of drug-likeness (QED) is 0.214. The lowest BCUT2D eigenvalue weighted by Crippen LogP contribution is -2.51. The molecule has 212 valence electrons. The SMILES string of the molecule is C=C[C@@H]1[C@H](OCc2ccccc2)[C@@H](OCc2ccccc2)[C@H](OCc2ccccc2)[C@H](O)CN1Cc1ccccc1. The number of hydrogen-bond acceptors (Lipinski definition) is 5. The highest BCUT2D eigenvalue weighted by Gasteiger charge is 2.46. The van der Waals surface area contributed by atoms with Crippen LogP contribution in [0.1, 0.15) is 22.3 Å². The molecule has 1 fully saturated rings. The van der Waals surface area contributed by atoms with E-state index < -0.39 is 24.4 Å². The van der Waals surface area contributed by atoms with Crippen LogP contribution >= 0.6 is 0 Å². The number of aliphatic hydroxyl groups is 1. The highest BCUT2D eigenvalue weighted by atomic mass is 16.6. The van der Waals surface area contributed by atoms with Crippen molar-refractivity contribution < 1.29 is 19.3 Å². The van der Waals surface area contributed by atoms with Gasteiger partial charge in [0, 0.05) is 13.1 Å². The molecule has 0 bridgehead atoms. The molecular weight excluding hydrogens is 510 g/mol. The molecular formula is C36H39NO4. The largest absolute Gasteiger partial charge is 0.389 e. The van der Waals surface area contributed by atoms with Crippen molar-refractivity contribution >= 4 is 0 Å². The Balaban J connectivity index is 1.48. The fourth-order valence-corrected chi connectivity index (χ4v) is 5.43. The Bertz CT molecular complexity index is 1300. The third kappa shape index (κ3) is 8.00. The van der Waals surface area contributed by atoms with Crippen molar-refractivity contribution in [3.05, 3.63) is 156 Å². The van der Waals surface area contributed by atoms with E-state index in [4.69, 9.17) is 14.2 Å². The molecule has 1 N–H and O–H groups in total. The first-order valence-corrected chi connectivity index (χ1v) is 14.3. The monoisotopic (exact) mass is 549 g/mol. The minimum absolute atomic E-state index is 0.223. The molecule has 4 aromatic carbocycles. The molecule has 1 heterocycles. The molecule has 4 aromatic rings. The van der Waals surface area contributed by atoms with Gasteiger partial charge in [-0.1, -0.05) is 127 Å². The first-order valence-electron chi connectivity index (χ1n) is 14.3. The van der Waals surface area contributed by atoms with Gasteiger partial charge in [0.05, 0.1) is 32.0 Å². The molecule has 41 heavy (non-hydrogen) atoms. The summed E-state index contributed by atoms with van der Waals surface area (Å²) in [5.74, 6) is 0. The molecule has 0 spiro atoms. The topological polar surface area (TPSA) is 51.2 Å². The van der Waals surface area contributed by atoms with E-state index in [0.29, 0.717) is 32.9 Å². The molecule has 0 amide bonds. The zero-order valence-electron chi connectivity index (χ0n) is 23.4. The van der Waals surface area contributed by atoms with E-state index in [2.05, 4.69) is 35.7 Å². The zero-order valence-corrected chi connectivity index (χ0v) is 23.4. The van der Waals surface area contributed by atoms with Gasteiger partial charge in [0.15, 0.2) is 0 Å². The summed E-state index contributed by atoms with van der Waals surface area (Å²) < 4.78 is 19.9. The highest BCUT2D eigenvalue weighted by molar-refractivity contribution is 5.18. The summed E-state index contributed by atoms with van der Waals surface area (Å²) in [7, 11) is 0. The van der Waals surface area contributed by atoms with Crippen LogP contribution in [0.4, 0.5) is 0 Å². The number of rotatable bonds is 12. The summed E-state index contributed by atoms with van der Waals surface area (Å²) in [5, 5.41) is 11.7. The van der Waals surface area contributed by atoms with Crippen molar-refractivity contribution in [3.8, 4) is 0 Å². The van der Waals surface area contributed by atoms with Crippen LogP contribution in [0.15, 0.2) is 134 Å². The predicted octanol–water partition coefficient (Wildman–Crippen LogP) is 6.17. The lowest BCUT2D eigenvalue weighted by molar-refractivity contribution is -0.172. The minimum atomic E-state index is -0.809. The molecule has 0 aliphatic carbocycles. The molecule has 0 aromatic heterocycles. The van der Waals surface area contributed by atoms with Crippen LogP contribution in [0.25, 0.3) is 0 Å². The Morgan fingerprint density at radius 2 is 0.976 bits per heavy atom. The average Bonchev–Trinajstić information content (AvgIpc) is 3.12. The van der Waals surface area contributed by atoms with Crippen molar-refractivity contribution in [3.63, 3.8) is 0 Å². The average molecular weight is 550 g/mol. The number of likely N-dealkylation sites (tertiary alicyclic amines) is 1. The predicted molar refractivity (Wildman–Crippen MR) is 162 cm³/mol. The van der Waals surface area contributed by atoms with Gasteiger partial charge in [-0.3, -0.25) is 4.90 Å². The molecule has 5 rings (SSSR count). The van der Waals surface area contributed by atoms with Gasteiger partial charge in [-0.2, -0.15) is 0 Å². The molecule has 5 atom stereocenters. The van der Waals surface area contributed by atoms with E-state index in [0.717, 1.165) is 22.3 Å². The van der Waals surface area contributed by atoms with Crippen LogP contribution in [-0.4, -0.2) is 47.0 Å². The van der Waals surface area contributed by atoms with Crippen molar-refractivity contribution in [2.24, 2.45) is 0 Å². The third-order valence-corrected chi connectivity index (χ3v) is 7.53. The first kappa shape index (κ1) is 28.9. The summed E-state index contributed by atoms with van der Waals surface area (Å²) in [6, 6.07) is 40.3. The van der Waals surface area contributed by atoms with E-state index in [1.807, 2.05) is 103 Å². The minimum Gasteiger partial charge on any atom is -0.389 e.